The molecule has 1 aliphatic rings. The third kappa shape index (κ3) is 2.79. The van der Waals surface area contributed by atoms with Crippen molar-refractivity contribution in [1.82, 2.24) is 9.47 Å². The minimum Gasteiger partial charge on any atom is -0.322 e. The highest BCUT2D eigenvalue weighted by Gasteiger charge is 2.20. The standard InChI is InChI=1S/C13H19N3O2/c1-10(17)14-12-6-4-8-16(13(12)18)11-5-3-7-15(2)9-11/h4,6,8,11H,3,5,7,9H2,1-2H3,(H,14,17). The number of likely N-dealkylation sites (tertiary alicyclic amines) is 1. The van der Waals surface area contributed by atoms with Crippen molar-refractivity contribution >= 4 is 11.6 Å². The second-order valence-electron chi connectivity index (χ2n) is 4.87. The van der Waals surface area contributed by atoms with Crippen LogP contribution in [0.4, 0.5) is 5.69 Å². The third-order valence-corrected chi connectivity index (χ3v) is 3.28. The number of carbonyl (C=O) groups excluding carboxylic acids is 1. The van der Waals surface area contributed by atoms with Gasteiger partial charge in [0.2, 0.25) is 5.91 Å². The maximum absolute atomic E-state index is 12.2. The lowest BCUT2D eigenvalue weighted by atomic mass is 10.1. The highest BCUT2D eigenvalue weighted by molar-refractivity contribution is 5.88. The van der Waals surface area contributed by atoms with E-state index in [1.165, 1.54) is 6.92 Å². The smallest absolute Gasteiger partial charge is 0.274 e. The van der Waals surface area contributed by atoms with E-state index < -0.39 is 0 Å². The lowest BCUT2D eigenvalue weighted by Gasteiger charge is -2.31. The van der Waals surface area contributed by atoms with E-state index in [1.807, 2.05) is 0 Å². The number of carbonyl (C=O) groups is 1. The molecule has 1 amide bonds. The molecule has 2 rings (SSSR count). The number of amides is 1. The first-order valence-electron chi connectivity index (χ1n) is 6.25. The van der Waals surface area contributed by atoms with Crippen LogP contribution in [0.25, 0.3) is 0 Å². The van der Waals surface area contributed by atoms with E-state index in [2.05, 4.69) is 17.3 Å². The Morgan fingerprint density at radius 3 is 2.94 bits per heavy atom. The maximum atomic E-state index is 12.2. The number of nitrogens with one attached hydrogen (secondary N) is 1. The summed E-state index contributed by atoms with van der Waals surface area (Å²) in [6, 6.07) is 3.65. The number of anilines is 1. The fourth-order valence-electron chi connectivity index (χ4n) is 2.45. The summed E-state index contributed by atoms with van der Waals surface area (Å²) < 4.78 is 1.74. The van der Waals surface area contributed by atoms with Crippen molar-refractivity contribution in [3.63, 3.8) is 0 Å². The zero-order chi connectivity index (χ0) is 13.1. The fraction of sp³-hybridized carbons (Fsp3) is 0.538. The van der Waals surface area contributed by atoms with Crippen LogP contribution in [0.5, 0.6) is 0 Å². The van der Waals surface area contributed by atoms with Crippen molar-refractivity contribution in [2.24, 2.45) is 0 Å². The zero-order valence-corrected chi connectivity index (χ0v) is 10.8. The molecule has 2 heterocycles. The lowest BCUT2D eigenvalue weighted by Crippen LogP contribution is -2.38. The molecule has 1 atom stereocenters. The van der Waals surface area contributed by atoms with E-state index >= 15 is 0 Å². The van der Waals surface area contributed by atoms with Gasteiger partial charge in [-0.25, -0.2) is 0 Å². The summed E-state index contributed by atoms with van der Waals surface area (Å²) in [5, 5.41) is 2.58. The fourth-order valence-corrected chi connectivity index (χ4v) is 2.45. The van der Waals surface area contributed by atoms with Crippen LogP contribution in [0.1, 0.15) is 25.8 Å². The largest absolute Gasteiger partial charge is 0.322 e. The van der Waals surface area contributed by atoms with Gasteiger partial charge in [-0.15, -0.1) is 0 Å². The lowest BCUT2D eigenvalue weighted by molar-refractivity contribution is -0.114. The minimum atomic E-state index is -0.217. The quantitative estimate of drug-likeness (QED) is 0.853. The maximum Gasteiger partial charge on any atom is 0.274 e. The normalized spacial score (nSPS) is 20.7. The summed E-state index contributed by atoms with van der Waals surface area (Å²) in [7, 11) is 2.06. The number of likely N-dealkylation sites (N-methyl/N-ethyl adjacent to an activating group) is 1. The highest BCUT2D eigenvalue weighted by atomic mass is 16.2. The summed E-state index contributed by atoms with van der Waals surface area (Å²) in [6.07, 6.45) is 3.91. The van der Waals surface area contributed by atoms with Gasteiger partial charge in [-0.05, 0) is 38.6 Å². The summed E-state index contributed by atoms with van der Waals surface area (Å²) in [5.41, 5.74) is 0.242. The molecule has 1 aliphatic heterocycles. The van der Waals surface area contributed by atoms with Gasteiger partial charge >= 0.3 is 0 Å². The molecule has 0 spiro atoms. The van der Waals surface area contributed by atoms with Crippen LogP contribution in [0.2, 0.25) is 0 Å². The van der Waals surface area contributed by atoms with Crippen molar-refractivity contribution in [2.75, 3.05) is 25.5 Å². The van der Waals surface area contributed by atoms with Crippen molar-refractivity contribution in [1.29, 1.82) is 0 Å². The SMILES string of the molecule is CC(=O)Nc1cccn(C2CCCN(C)C2)c1=O. The van der Waals surface area contributed by atoms with Crippen LogP contribution in [0.15, 0.2) is 23.1 Å². The molecule has 1 aromatic rings. The molecule has 5 heteroatoms. The van der Waals surface area contributed by atoms with Crippen molar-refractivity contribution in [3.8, 4) is 0 Å². The molecule has 1 fully saturated rings. The first-order valence-corrected chi connectivity index (χ1v) is 6.25. The predicted molar refractivity (Wildman–Crippen MR) is 70.8 cm³/mol. The number of pyridine rings is 1. The van der Waals surface area contributed by atoms with Gasteiger partial charge in [0.15, 0.2) is 0 Å². The van der Waals surface area contributed by atoms with Crippen LogP contribution in [0.3, 0.4) is 0 Å². The molecule has 98 valence electrons. The van der Waals surface area contributed by atoms with Gasteiger partial charge in [0, 0.05) is 25.7 Å². The van der Waals surface area contributed by atoms with Crippen LogP contribution in [0, 0.1) is 0 Å². The van der Waals surface area contributed by atoms with Gasteiger partial charge < -0.3 is 14.8 Å². The molecule has 1 N–H and O–H groups in total. The van der Waals surface area contributed by atoms with Crippen LogP contribution in [-0.2, 0) is 4.79 Å². The van der Waals surface area contributed by atoms with Gasteiger partial charge in [-0.2, -0.15) is 0 Å². The van der Waals surface area contributed by atoms with E-state index in [4.69, 9.17) is 0 Å². The van der Waals surface area contributed by atoms with E-state index in [-0.39, 0.29) is 17.5 Å². The molecule has 0 saturated carbocycles. The molecular formula is C13H19N3O2. The average molecular weight is 249 g/mol. The Kier molecular flexibility index (Phi) is 3.81. The van der Waals surface area contributed by atoms with Crippen LogP contribution in [-0.4, -0.2) is 35.5 Å². The Balaban J connectivity index is 2.28. The van der Waals surface area contributed by atoms with E-state index in [9.17, 15) is 9.59 Å². The highest BCUT2D eigenvalue weighted by Crippen LogP contribution is 2.19. The number of piperidine rings is 1. The molecular weight excluding hydrogens is 230 g/mol. The Labute approximate surface area is 106 Å². The van der Waals surface area contributed by atoms with Gasteiger partial charge in [0.25, 0.3) is 5.56 Å². The summed E-state index contributed by atoms with van der Waals surface area (Å²) in [5.74, 6) is -0.217. The first kappa shape index (κ1) is 12.8. The number of rotatable bonds is 2. The average Bonchev–Trinajstić information content (AvgIpc) is 2.31. The Morgan fingerprint density at radius 1 is 1.50 bits per heavy atom. The Hall–Kier alpha value is -1.62. The van der Waals surface area contributed by atoms with Crippen molar-refractivity contribution in [3.05, 3.63) is 28.7 Å². The van der Waals surface area contributed by atoms with Crippen LogP contribution < -0.4 is 10.9 Å². The number of aromatic nitrogens is 1. The predicted octanol–water partition coefficient (Wildman–Crippen LogP) is 1.07. The van der Waals surface area contributed by atoms with Crippen LogP contribution >= 0.6 is 0 Å². The minimum absolute atomic E-state index is 0.118. The Bertz CT molecular complexity index is 495. The number of hydrogen-bond acceptors (Lipinski definition) is 3. The molecule has 5 nitrogen and oxygen atoms in total. The molecule has 0 aliphatic carbocycles. The topological polar surface area (TPSA) is 54.3 Å². The molecule has 0 aromatic carbocycles. The number of nitrogens with zero attached hydrogens (tertiary/aromatic N) is 2. The van der Waals surface area contributed by atoms with E-state index in [0.717, 1.165) is 25.9 Å². The molecule has 1 saturated heterocycles. The molecule has 1 unspecified atom stereocenters. The monoisotopic (exact) mass is 249 g/mol. The summed E-state index contributed by atoms with van der Waals surface area (Å²) in [6.45, 7) is 3.37. The summed E-state index contributed by atoms with van der Waals surface area (Å²) >= 11 is 0. The van der Waals surface area contributed by atoms with E-state index in [0.29, 0.717) is 5.69 Å². The van der Waals surface area contributed by atoms with E-state index in [1.54, 1.807) is 22.9 Å². The second kappa shape index (κ2) is 5.35. The van der Waals surface area contributed by atoms with Crippen molar-refractivity contribution in [2.45, 2.75) is 25.8 Å². The molecule has 1 aromatic heterocycles. The van der Waals surface area contributed by atoms with Gasteiger partial charge in [0.05, 0.1) is 0 Å². The molecule has 0 bridgehead atoms. The third-order valence-electron chi connectivity index (χ3n) is 3.28. The molecule has 0 radical (unpaired) electrons. The first-order chi connectivity index (χ1) is 8.58. The zero-order valence-electron chi connectivity index (χ0n) is 10.8. The van der Waals surface area contributed by atoms with Gasteiger partial charge in [-0.3, -0.25) is 9.59 Å². The summed E-state index contributed by atoms with van der Waals surface area (Å²) in [4.78, 5) is 25.5. The number of hydrogen-bond donors (Lipinski definition) is 1. The Morgan fingerprint density at radius 2 is 2.28 bits per heavy atom. The van der Waals surface area contributed by atoms with Gasteiger partial charge in [0.1, 0.15) is 5.69 Å². The molecule has 18 heavy (non-hydrogen) atoms. The van der Waals surface area contributed by atoms with Gasteiger partial charge in [-0.1, -0.05) is 0 Å². The second-order valence-corrected chi connectivity index (χ2v) is 4.87. The van der Waals surface area contributed by atoms with Crippen molar-refractivity contribution < 1.29 is 4.79 Å².